The summed E-state index contributed by atoms with van der Waals surface area (Å²) < 4.78 is 70.0. The fourth-order valence-electron chi connectivity index (χ4n) is 2.00. The molecule has 0 aliphatic carbocycles. The maximum Gasteiger partial charge on any atom is 0.416 e. The highest BCUT2D eigenvalue weighted by Crippen LogP contribution is 2.32. The van der Waals surface area contributed by atoms with E-state index >= 15 is 0 Å². The molecule has 0 N–H and O–H groups in total. The van der Waals surface area contributed by atoms with E-state index in [1.807, 2.05) is 0 Å². The van der Waals surface area contributed by atoms with Crippen molar-refractivity contribution in [2.75, 3.05) is 0 Å². The molecule has 0 aromatic heterocycles. The molecule has 1 nitrogen and oxygen atoms in total. The third-order valence-electron chi connectivity index (χ3n) is 3.23. The lowest BCUT2D eigenvalue weighted by molar-refractivity contribution is -0.137. The van der Waals surface area contributed by atoms with E-state index in [1.165, 1.54) is 36.4 Å². The summed E-state index contributed by atoms with van der Waals surface area (Å²) in [4.78, 5) is 0. The number of benzene rings is 2. The van der Waals surface area contributed by atoms with Crippen molar-refractivity contribution in [2.24, 2.45) is 0 Å². The molecular formula is C18H15F5O. The average Bonchev–Trinajstić information content (AvgIpc) is 2.55. The Labute approximate surface area is 136 Å². The Bertz CT molecular complexity index is 700. The van der Waals surface area contributed by atoms with E-state index in [1.54, 1.807) is 6.92 Å². The van der Waals surface area contributed by atoms with Crippen molar-refractivity contribution in [3.63, 3.8) is 0 Å². The molecular weight excluding hydrogens is 327 g/mol. The van der Waals surface area contributed by atoms with Gasteiger partial charge in [-0.2, -0.15) is 13.2 Å². The second-order valence-electron chi connectivity index (χ2n) is 5.12. The molecule has 0 heterocycles. The highest BCUT2D eigenvalue weighted by Gasteiger charge is 2.30. The Hall–Kier alpha value is -2.37. The van der Waals surface area contributed by atoms with E-state index in [0.29, 0.717) is 12.2 Å². The van der Waals surface area contributed by atoms with Crippen molar-refractivity contribution >= 4 is 5.83 Å². The molecule has 0 radical (unpaired) electrons. The third-order valence-corrected chi connectivity index (χ3v) is 3.23. The SMILES string of the molecule is CCC/C(F)=C(\F)c1ccc(Oc2ccc(C(F)(F)F)cc2)cc1. The van der Waals surface area contributed by atoms with Gasteiger partial charge >= 0.3 is 6.18 Å². The second kappa shape index (κ2) is 7.47. The van der Waals surface area contributed by atoms with Crippen molar-refractivity contribution in [3.05, 3.63) is 65.5 Å². The molecule has 0 fully saturated rings. The summed E-state index contributed by atoms with van der Waals surface area (Å²) in [7, 11) is 0. The van der Waals surface area contributed by atoms with Gasteiger partial charge in [0.15, 0.2) is 5.83 Å². The van der Waals surface area contributed by atoms with Crippen LogP contribution >= 0.6 is 0 Å². The maximum atomic E-state index is 13.8. The van der Waals surface area contributed by atoms with E-state index in [9.17, 15) is 22.0 Å². The maximum absolute atomic E-state index is 13.8. The lowest BCUT2D eigenvalue weighted by Gasteiger charge is -2.09. The third kappa shape index (κ3) is 4.57. The topological polar surface area (TPSA) is 9.23 Å². The summed E-state index contributed by atoms with van der Waals surface area (Å²) in [5.41, 5.74) is -0.690. The van der Waals surface area contributed by atoms with Gasteiger partial charge in [-0.25, -0.2) is 8.78 Å². The Kier molecular flexibility index (Phi) is 5.59. The minimum absolute atomic E-state index is 0.0235. The van der Waals surface area contributed by atoms with Crippen molar-refractivity contribution in [2.45, 2.75) is 25.9 Å². The summed E-state index contributed by atoms with van der Waals surface area (Å²) in [6.07, 6.45) is -3.89. The smallest absolute Gasteiger partial charge is 0.416 e. The number of ether oxygens (including phenoxy) is 1. The first kappa shape index (κ1) is 18.0. The predicted octanol–water partition coefficient (Wildman–Crippen LogP) is 6.91. The zero-order chi connectivity index (χ0) is 17.7. The molecule has 24 heavy (non-hydrogen) atoms. The van der Waals surface area contributed by atoms with Crippen LogP contribution in [0, 0.1) is 0 Å². The summed E-state index contributed by atoms with van der Waals surface area (Å²) in [6, 6.07) is 9.75. The number of allylic oxidation sites excluding steroid dienone is 1. The lowest BCUT2D eigenvalue weighted by Crippen LogP contribution is -2.03. The molecule has 0 aliphatic heterocycles. The first-order valence-corrected chi connectivity index (χ1v) is 7.31. The van der Waals surface area contributed by atoms with Crippen LogP contribution in [0.3, 0.4) is 0 Å². The number of alkyl halides is 3. The van der Waals surface area contributed by atoms with Crippen LogP contribution in [0.5, 0.6) is 11.5 Å². The minimum Gasteiger partial charge on any atom is -0.457 e. The van der Waals surface area contributed by atoms with E-state index in [2.05, 4.69) is 0 Å². The minimum atomic E-state index is -4.41. The van der Waals surface area contributed by atoms with Gasteiger partial charge in [-0.3, -0.25) is 0 Å². The van der Waals surface area contributed by atoms with Gasteiger partial charge in [-0.15, -0.1) is 0 Å². The van der Waals surface area contributed by atoms with Gasteiger partial charge in [0, 0.05) is 12.0 Å². The van der Waals surface area contributed by atoms with Crippen molar-refractivity contribution in [3.8, 4) is 11.5 Å². The first-order valence-electron chi connectivity index (χ1n) is 7.31. The Balaban J connectivity index is 2.10. The van der Waals surface area contributed by atoms with Crippen LogP contribution < -0.4 is 4.74 Å². The number of hydrogen-bond donors (Lipinski definition) is 0. The van der Waals surface area contributed by atoms with E-state index in [0.717, 1.165) is 12.1 Å². The molecule has 6 heteroatoms. The fraction of sp³-hybridized carbons (Fsp3) is 0.222. The van der Waals surface area contributed by atoms with Crippen LogP contribution in [0.4, 0.5) is 22.0 Å². The van der Waals surface area contributed by atoms with Gasteiger partial charge < -0.3 is 4.74 Å². The van der Waals surface area contributed by atoms with Gasteiger partial charge in [-0.1, -0.05) is 6.92 Å². The van der Waals surface area contributed by atoms with E-state index in [4.69, 9.17) is 4.74 Å². The van der Waals surface area contributed by atoms with Crippen molar-refractivity contribution in [1.82, 2.24) is 0 Å². The summed E-state index contributed by atoms with van der Waals surface area (Å²) in [5.74, 6) is -1.21. The second-order valence-corrected chi connectivity index (χ2v) is 5.12. The summed E-state index contributed by atoms with van der Waals surface area (Å²) >= 11 is 0. The van der Waals surface area contributed by atoms with Crippen molar-refractivity contribution in [1.29, 1.82) is 0 Å². The fourth-order valence-corrected chi connectivity index (χ4v) is 2.00. The molecule has 0 spiro atoms. The Morgan fingerprint density at radius 3 is 1.83 bits per heavy atom. The van der Waals surface area contributed by atoms with Gasteiger partial charge in [0.05, 0.1) is 5.56 Å². The normalized spacial score (nSPS) is 12.8. The van der Waals surface area contributed by atoms with Crippen LogP contribution in [0.2, 0.25) is 0 Å². The van der Waals surface area contributed by atoms with Gasteiger partial charge in [0.25, 0.3) is 0 Å². The molecule has 0 saturated carbocycles. The Morgan fingerprint density at radius 2 is 1.38 bits per heavy atom. The molecule has 0 atom stereocenters. The van der Waals surface area contributed by atoms with Crippen LogP contribution in [0.25, 0.3) is 5.83 Å². The van der Waals surface area contributed by atoms with Crippen LogP contribution in [0.15, 0.2) is 54.4 Å². The predicted molar refractivity (Wildman–Crippen MR) is 82.0 cm³/mol. The molecule has 128 valence electrons. The molecule has 0 amide bonds. The zero-order valence-corrected chi connectivity index (χ0v) is 12.8. The molecule has 2 aromatic rings. The van der Waals surface area contributed by atoms with Gasteiger partial charge in [0.1, 0.15) is 17.3 Å². The van der Waals surface area contributed by atoms with Crippen LogP contribution in [0.1, 0.15) is 30.9 Å². The lowest BCUT2D eigenvalue weighted by atomic mass is 10.1. The largest absolute Gasteiger partial charge is 0.457 e. The van der Waals surface area contributed by atoms with E-state index in [-0.39, 0.29) is 17.7 Å². The molecule has 2 rings (SSSR count). The average molecular weight is 342 g/mol. The highest BCUT2D eigenvalue weighted by atomic mass is 19.4. The van der Waals surface area contributed by atoms with Crippen LogP contribution in [-0.2, 0) is 6.18 Å². The number of rotatable bonds is 5. The van der Waals surface area contributed by atoms with Gasteiger partial charge in [-0.05, 0) is 55.0 Å². The van der Waals surface area contributed by atoms with Crippen molar-refractivity contribution < 1.29 is 26.7 Å². The molecule has 0 unspecified atom stereocenters. The summed E-state index contributed by atoms with van der Waals surface area (Å²) in [6.45, 7) is 1.74. The summed E-state index contributed by atoms with van der Waals surface area (Å²) in [5, 5.41) is 0. The highest BCUT2D eigenvalue weighted by molar-refractivity contribution is 5.61. The first-order chi connectivity index (χ1) is 11.3. The monoisotopic (exact) mass is 342 g/mol. The molecule has 2 aromatic carbocycles. The van der Waals surface area contributed by atoms with E-state index < -0.39 is 23.4 Å². The van der Waals surface area contributed by atoms with Crippen LogP contribution in [-0.4, -0.2) is 0 Å². The zero-order valence-electron chi connectivity index (χ0n) is 12.8. The van der Waals surface area contributed by atoms with Gasteiger partial charge in [0.2, 0.25) is 0 Å². The quantitative estimate of drug-likeness (QED) is 0.537. The number of hydrogen-bond acceptors (Lipinski definition) is 1. The molecule has 0 aliphatic rings. The standard InChI is InChI=1S/C18H15F5O/c1-2-3-16(19)17(20)12-4-8-14(9-5-12)24-15-10-6-13(7-11-15)18(21,22)23/h4-11H,2-3H2,1H3/b17-16+. The molecule has 0 bridgehead atoms. The Morgan fingerprint density at radius 1 is 0.875 bits per heavy atom. The molecule has 0 saturated heterocycles. The number of halogens is 5.